The third-order valence-corrected chi connectivity index (χ3v) is 3.28. The molecule has 0 bridgehead atoms. The Hall–Kier alpha value is -2.57. The van der Waals surface area contributed by atoms with E-state index in [1.165, 1.54) is 18.3 Å². The van der Waals surface area contributed by atoms with E-state index in [2.05, 4.69) is 10.4 Å². The molecular formula is C13H10FN3O3. The third kappa shape index (κ3) is 1.97. The van der Waals surface area contributed by atoms with E-state index in [9.17, 15) is 18.8 Å². The molecule has 1 aliphatic heterocycles. The molecule has 0 radical (unpaired) electrons. The summed E-state index contributed by atoms with van der Waals surface area (Å²) in [5.74, 6) is -1.46. The Balaban J connectivity index is 2.13. The molecular weight excluding hydrogens is 265 g/mol. The number of carbonyl (C=O) groups excluding carboxylic acids is 2. The highest BCUT2D eigenvalue weighted by Crippen LogP contribution is 2.17. The zero-order chi connectivity index (χ0) is 14.3. The first kappa shape index (κ1) is 12.5. The lowest BCUT2D eigenvalue weighted by Crippen LogP contribution is -2.45. The average Bonchev–Trinajstić information content (AvgIpc) is 2.41. The van der Waals surface area contributed by atoms with Gasteiger partial charge in [0.2, 0.25) is 5.91 Å². The van der Waals surface area contributed by atoms with Crippen molar-refractivity contribution < 1.29 is 14.0 Å². The lowest BCUT2D eigenvalue weighted by Gasteiger charge is -2.21. The number of piperidine rings is 1. The van der Waals surface area contributed by atoms with Crippen LogP contribution in [0.4, 0.5) is 4.39 Å². The smallest absolute Gasteiger partial charge is 0.275 e. The first-order valence-corrected chi connectivity index (χ1v) is 6.07. The molecule has 1 atom stereocenters. The van der Waals surface area contributed by atoms with Crippen LogP contribution in [0.25, 0.3) is 10.8 Å². The van der Waals surface area contributed by atoms with Crippen molar-refractivity contribution in [3.8, 4) is 0 Å². The van der Waals surface area contributed by atoms with Crippen molar-refractivity contribution in [2.75, 3.05) is 0 Å². The number of hydrogen-bond donors (Lipinski definition) is 1. The van der Waals surface area contributed by atoms with Crippen LogP contribution in [0.1, 0.15) is 18.9 Å². The Morgan fingerprint density at radius 1 is 1.30 bits per heavy atom. The summed E-state index contributed by atoms with van der Waals surface area (Å²) in [5, 5.41) is 6.76. The molecule has 3 rings (SSSR count). The van der Waals surface area contributed by atoms with Gasteiger partial charge in [-0.1, -0.05) is 0 Å². The highest BCUT2D eigenvalue weighted by molar-refractivity contribution is 5.99. The number of imide groups is 1. The summed E-state index contributed by atoms with van der Waals surface area (Å²) in [5.41, 5.74) is -0.545. The fourth-order valence-electron chi connectivity index (χ4n) is 2.26. The van der Waals surface area contributed by atoms with Crippen LogP contribution < -0.4 is 10.9 Å². The number of fused-ring (bicyclic) bond motifs is 1. The predicted molar refractivity (Wildman–Crippen MR) is 67.4 cm³/mol. The normalized spacial score (nSPS) is 19.1. The van der Waals surface area contributed by atoms with Crippen LogP contribution in [-0.2, 0) is 9.59 Å². The van der Waals surface area contributed by atoms with Crippen LogP contribution in [0.3, 0.4) is 0 Å². The molecule has 1 unspecified atom stereocenters. The first-order valence-electron chi connectivity index (χ1n) is 6.07. The van der Waals surface area contributed by atoms with E-state index in [-0.39, 0.29) is 24.1 Å². The van der Waals surface area contributed by atoms with Crippen molar-refractivity contribution in [2.45, 2.75) is 18.9 Å². The Kier molecular flexibility index (Phi) is 2.81. The van der Waals surface area contributed by atoms with Gasteiger partial charge in [-0.25, -0.2) is 9.07 Å². The number of halogens is 1. The number of rotatable bonds is 1. The van der Waals surface area contributed by atoms with Gasteiger partial charge in [0.05, 0.1) is 11.6 Å². The molecule has 6 nitrogen and oxygen atoms in total. The molecule has 0 spiro atoms. The number of aromatic nitrogens is 2. The topological polar surface area (TPSA) is 81.1 Å². The molecule has 0 saturated carbocycles. The van der Waals surface area contributed by atoms with Crippen LogP contribution >= 0.6 is 0 Å². The van der Waals surface area contributed by atoms with Crippen molar-refractivity contribution in [3.05, 3.63) is 40.6 Å². The van der Waals surface area contributed by atoms with Crippen molar-refractivity contribution in [2.24, 2.45) is 0 Å². The maximum absolute atomic E-state index is 13.2. The number of nitrogens with one attached hydrogen (secondary N) is 1. The number of hydrogen-bond acceptors (Lipinski definition) is 4. The van der Waals surface area contributed by atoms with Crippen LogP contribution in [0.15, 0.2) is 29.2 Å². The molecule has 0 aliphatic carbocycles. The molecule has 1 aliphatic rings. The molecule has 1 N–H and O–H groups in total. The van der Waals surface area contributed by atoms with Crippen LogP contribution in [0.5, 0.6) is 0 Å². The van der Waals surface area contributed by atoms with Gasteiger partial charge in [0.1, 0.15) is 11.9 Å². The molecule has 2 heterocycles. The second kappa shape index (κ2) is 4.52. The van der Waals surface area contributed by atoms with Crippen LogP contribution in [-0.4, -0.2) is 21.6 Å². The van der Waals surface area contributed by atoms with Gasteiger partial charge in [0.15, 0.2) is 0 Å². The zero-order valence-corrected chi connectivity index (χ0v) is 10.3. The molecule has 1 aromatic heterocycles. The molecule has 1 aromatic carbocycles. The standard InChI is InChI=1S/C13H10FN3O3/c14-8-2-1-7-6-15-17(13(20)9(7)5-8)10-3-4-11(18)16-12(10)19/h1-2,5-6,10H,3-4H2,(H,16,18,19). The largest absolute Gasteiger partial charge is 0.295 e. The highest BCUT2D eigenvalue weighted by Gasteiger charge is 2.29. The zero-order valence-electron chi connectivity index (χ0n) is 10.3. The van der Waals surface area contributed by atoms with Gasteiger partial charge in [-0.05, 0) is 24.6 Å². The van der Waals surface area contributed by atoms with Crippen molar-refractivity contribution in [1.29, 1.82) is 0 Å². The Morgan fingerprint density at radius 3 is 2.85 bits per heavy atom. The monoisotopic (exact) mass is 275 g/mol. The first-order chi connectivity index (χ1) is 9.56. The molecule has 1 fully saturated rings. The maximum Gasteiger partial charge on any atom is 0.275 e. The van der Waals surface area contributed by atoms with Gasteiger partial charge < -0.3 is 0 Å². The fourth-order valence-corrected chi connectivity index (χ4v) is 2.26. The summed E-state index contributed by atoms with van der Waals surface area (Å²) < 4.78 is 14.2. The quantitative estimate of drug-likeness (QED) is 0.769. The average molecular weight is 275 g/mol. The van der Waals surface area contributed by atoms with Gasteiger partial charge in [0, 0.05) is 11.8 Å². The van der Waals surface area contributed by atoms with Gasteiger partial charge in [-0.2, -0.15) is 5.10 Å². The molecule has 20 heavy (non-hydrogen) atoms. The van der Waals surface area contributed by atoms with E-state index in [4.69, 9.17) is 0 Å². The third-order valence-electron chi connectivity index (χ3n) is 3.28. The van der Waals surface area contributed by atoms with E-state index in [1.54, 1.807) is 0 Å². The Bertz CT molecular complexity index is 784. The molecule has 2 aromatic rings. The summed E-state index contributed by atoms with van der Waals surface area (Å²) in [4.78, 5) is 35.1. The van der Waals surface area contributed by atoms with E-state index in [0.717, 1.165) is 10.7 Å². The fraction of sp³-hybridized carbons (Fsp3) is 0.231. The van der Waals surface area contributed by atoms with Gasteiger partial charge in [-0.15, -0.1) is 0 Å². The summed E-state index contributed by atoms with van der Waals surface area (Å²) >= 11 is 0. The van der Waals surface area contributed by atoms with Crippen molar-refractivity contribution >= 4 is 22.6 Å². The van der Waals surface area contributed by atoms with Gasteiger partial charge in [-0.3, -0.25) is 19.7 Å². The highest BCUT2D eigenvalue weighted by atomic mass is 19.1. The molecule has 1 saturated heterocycles. The summed E-state index contributed by atoms with van der Waals surface area (Å²) in [6, 6.07) is 2.96. The van der Waals surface area contributed by atoms with E-state index in [1.807, 2.05) is 0 Å². The second-order valence-electron chi connectivity index (χ2n) is 4.59. The van der Waals surface area contributed by atoms with Crippen LogP contribution in [0.2, 0.25) is 0 Å². The second-order valence-corrected chi connectivity index (χ2v) is 4.59. The number of carbonyl (C=O) groups is 2. The van der Waals surface area contributed by atoms with Crippen LogP contribution in [0, 0.1) is 5.82 Å². The Morgan fingerprint density at radius 2 is 2.10 bits per heavy atom. The Labute approximate surface area is 112 Å². The number of nitrogens with zero attached hydrogens (tertiary/aromatic N) is 2. The summed E-state index contributed by atoms with van der Waals surface area (Å²) in [7, 11) is 0. The molecule has 7 heteroatoms. The SMILES string of the molecule is O=C1CCC(n2ncc3ccc(F)cc3c2=O)C(=O)N1. The van der Waals surface area contributed by atoms with E-state index < -0.39 is 23.3 Å². The minimum absolute atomic E-state index is 0.145. The van der Waals surface area contributed by atoms with Crippen molar-refractivity contribution in [3.63, 3.8) is 0 Å². The van der Waals surface area contributed by atoms with Gasteiger partial charge in [0.25, 0.3) is 11.5 Å². The maximum atomic E-state index is 13.2. The molecule has 102 valence electrons. The number of amides is 2. The predicted octanol–water partition coefficient (Wildman–Crippen LogP) is 0.513. The van der Waals surface area contributed by atoms with Gasteiger partial charge >= 0.3 is 0 Å². The van der Waals surface area contributed by atoms with Crippen molar-refractivity contribution in [1.82, 2.24) is 15.1 Å². The summed E-state index contributed by atoms with van der Waals surface area (Å²) in [6.45, 7) is 0. The number of benzene rings is 1. The minimum atomic E-state index is -0.840. The van der Waals surface area contributed by atoms with E-state index in [0.29, 0.717) is 5.39 Å². The molecule has 2 amide bonds. The lowest BCUT2D eigenvalue weighted by molar-refractivity contribution is -0.136. The summed E-state index contributed by atoms with van der Waals surface area (Å²) in [6.07, 6.45) is 1.75. The van der Waals surface area contributed by atoms with E-state index >= 15 is 0 Å². The lowest BCUT2D eigenvalue weighted by atomic mass is 10.1. The minimum Gasteiger partial charge on any atom is -0.295 e.